The highest BCUT2D eigenvalue weighted by Gasteiger charge is 2.52. The van der Waals surface area contributed by atoms with Crippen molar-refractivity contribution in [1.82, 2.24) is 0 Å². The van der Waals surface area contributed by atoms with Gasteiger partial charge in [0.25, 0.3) is 0 Å². The number of carbonyl (C=O) groups excluding carboxylic acids is 1. The van der Waals surface area contributed by atoms with Crippen LogP contribution >= 0.6 is 0 Å². The molecule has 4 heteroatoms. The van der Waals surface area contributed by atoms with Gasteiger partial charge in [0.2, 0.25) is 0 Å². The van der Waals surface area contributed by atoms with Crippen molar-refractivity contribution in [1.29, 1.82) is 0 Å². The van der Waals surface area contributed by atoms with Crippen LogP contribution < -0.4 is 0 Å². The van der Waals surface area contributed by atoms with E-state index >= 15 is 0 Å². The third kappa shape index (κ3) is 3.55. The number of hydrogen-bond acceptors (Lipinski definition) is 3. The van der Waals surface area contributed by atoms with E-state index < -0.39 is 11.4 Å². The second-order valence-electron chi connectivity index (χ2n) is 6.53. The fraction of sp³-hybridized carbons (Fsp3) is 0.611. The van der Waals surface area contributed by atoms with Crippen LogP contribution in [0, 0.1) is 11.7 Å². The minimum Gasteiger partial charge on any atom is -0.350 e. The van der Waals surface area contributed by atoms with Gasteiger partial charge < -0.3 is 9.47 Å². The van der Waals surface area contributed by atoms with Crippen molar-refractivity contribution >= 4 is 5.78 Å². The average Bonchev–Trinajstić information content (AvgIpc) is 2.73. The summed E-state index contributed by atoms with van der Waals surface area (Å²) in [5.41, 5.74) is 0.106. The van der Waals surface area contributed by atoms with Crippen LogP contribution in [-0.4, -0.2) is 23.8 Å². The number of halogens is 1. The van der Waals surface area contributed by atoms with E-state index in [0.717, 1.165) is 0 Å². The second kappa shape index (κ2) is 6.47. The maximum atomic E-state index is 13.6. The van der Waals surface area contributed by atoms with Gasteiger partial charge in [-0.2, -0.15) is 0 Å². The highest BCUT2D eigenvalue weighted by atomic mass is 19.1. The molecule has 3 nitrogen and oxygen atoms in total. The van der Waals surface area contributed by atoms with E-state index in [-0.39, 0.29) is 17.5 Å². The smallest absolute Gasteiger partial charge is 0.169 e. The Bertz CT molecular complexity index is 541. The molecule has 0 N–H and O–H groups in total. The van der Waals surface area contributed by atoms with Gasteiger partial charge in [-0.3, -0.25) is 4.79 Å². The Hall–Kier alpha value is -1.26. The van der Waals surface area contributed by atoms with Crippen LogP contribution in [0.2, 0.25) is 0 Å². The lowest BCUT2D eigenvalue weighted by Gasteiger charge is -2.31. The molecule has 1 fully saturated rings. The highest BCUT2D eigenvalue weighted by molar-refractivity contribution is 5.79. The Morgan fingerprint density at radius 1 is 1.41 bits per heavy atom. The van der Waals surface area contributed by atoms with E-state index in [4.69, 9.17) is 9.47 Å². The molecule has 1 aromatic rings. The summed E-state index contributed by atoms with van der Waals surface area (Å²) in [5, 5.41) is 0. The molecular formula is C18H25FO3. The zero-order chi connectivity index (χ0) is 16.4. The largest absolute Gasteiger partial charge is 0.350 e. The van der Waals surface area contributed by atoms with E-state index in [1.165, 1.54) is 6.07 Å². The zero-order valence-corrected chi connectivity index (χ0v) is 13.8. The van der Waals surface area contributed by atoms with Crippen LogP contribution in [-0.2, 0) is 20.7 Å². The number of Topliss-reactive ketones (excluding diaryl/α,β-unsaturated/α-hetero) is 1. The Labute approximate surface area is 131 Å². The maximum absolute atomic E-state index is 13.6. The molecule has 1 aliphatic heterocycles. The van der Waals surface area contributed by atoms with Gasteiger partial charge in [0.1, 0.15) is 11.6 Å². The summed E-state index contributed by atoms with van der Waals surface area (Å²) < 4.78 is 25.7. The number of carbonyl (C=O) groups is 1. The van der Waals surface area contributed by atoms with Crippen molar-refractivity contribution in [2.24, 2.45) is 5.92 Å². The van der Waals surface area contributed by atoms with E-state index in [2.05, 4.69) is 0 Å². The third-order valence-electron chi connectivity index (χ3n) is 4.53. The zero-order valence-electron chi connectivity index (χ0n) is 13.8. The van der Waals surface area contributed by atoms with Crippen LogP contribution in [0.1, 0.15) is 46.1 Å². The minimum atomic E-state index is -0.745. The molecule has 0 aromatic heterocycles. The quantitative estimate of drug-likeness (QED) is 0.799. The van der Waals surface area contributed by atoms with Gasteiger partial charge in [0.15, 0.2) is 5.79 Å². The number of ketones is 1. The first-order valence-corrected chi connectivity index (χ1v) is 7.87. The molecule has 122 valence electrons. The molecule has 0 saturated carbocycles. The number of hydrogen-bond donors (Lipinski definition) is 0. The summed E-state index contributed by atoms with van der Waals surface area (Å²) in [6.07, 6.45) is 1.71. The molecule has 2 unspecified atom stereocenters. The summed E-state index contributed by atoms with van der Waals surface area (Å²) in [5.74, 6) is -1.00. The van der Waals surface area contributed by atoms with Crippen LogP contribution in [0.3, 0.4) is 0 Å². The predicted molar refractivity (Wildman–Crippen MR) is 83.0 cm³/mol. The SMILES string of the molecule is CCC1(OCCc2ccccc2F)CC(C(C)=O)C(C)(C)O1. The van der Waals surface area contributed by atoms with E-state index in [1.807, 2.05) is 26.8 Å². The van der Waals surface area contributed by atoms with Crippen molar-refractivity contribution in [3.63, 3.8) is 0 Å². The molecule has 2 atom stereocenters. The third-order valence-corrected chi connectivity index (χ3v) is 4.53. The fourth-order valence-electron chi connectivity index (χ4n) is 3.24. The van der Waals surface area contributed by atoms with Crippen molar-refractivity contribution in [3.05, 3.63) is 35.6 Å². The monoisotopic (exact) mass is 308 g/mol. The summed E-state index contributed by atoms with van der Waals surface area (Å²) in [6, 6.07) is 6.70. The van der Waals surface area contributed by atoms with Crippen molar-refractivity contribution < 1.29 is 18.7 Å². The Balaban J connectivity index is 2.01. The van der Waals surface area contributed by atoms with Crippen molar-refractivity contribution in [3.8, 4) is 0 Å². The second-order valence-corrected chi connectivity index (χ2v) is 6.53. The van der Waals surface area contributed by atoms with Gasteiger partial charge in [-0.15, -0.1) is 0 Å². The number of rotatable bonds is 6. The molecule has 0 aliphatic carbocycles. The number of benzene rings is 1. The van der Waals surface area contributed by atoms with E-state index in [1.54, 1.807) is 19.1 Å². The molecule has 22 heavy (non-hydrogen) atoms. The lowest BCUT2D eigenvalue weighted by atomic mass is 9.86. The molecule has 1 aliphatic rings. The van der Waals surface area contributed by atoms with E-state index in [0.29, 0.717) is 31.4 Å². The van der Waals surface area contributed by atoms with Gasteiger partial charge in [0.05, 0.1) is 18.1 Å². The van der Waals surface area contributed by atoms with Gasteiger partial charge >= 0.3 is 0 Å². The first kappa shape index (κ1) is 17.1. The molecule has 0 amide bonds. The lowest BCUT2D eigenvalue weighted by molar-refractivity contribution is -0.246. The molecule has 0 bridgehead atoms. The van der Waals surface area contributed by atoms with Crippen LogP contribution in [0.25, 0.3) is 0 Å². The van der Waals surface area contributed by atoms with Crippen molar-refractivity contribution in [2.75, 3.05) is 6.61 Å². The normalized spacial score (nSPS) is 27.0. The van der Waals surface area contributed by atoms with Crippen molar-refractivity contribution in [2.45, 2.75) is 58.3 Å². The summed E-state index contributed by atoms with van der Waals surface area (Å²) in [7, 11) is 0. The molecule has 0 radical (unpaired) electrons. The first-order chi connectivity index (χ1) is 10.3. The molecular weight excluding hydrogens is 283 g/mol. The fourth-order valence-corrected chi connectivity index (χ4v) is 3.24. The topological polar surface area (TPSA) is 35.5 Å². The molecule has 2 rings (SSSR count). The molecule has 1 aromatic carbocycles. The van der Waals surface area contributed by atoms with E-state index in [9.17, 15) is 9.18 Å². The van der Waals surface area contributed by atoms with Gasteiger partial charge in [0, 0.05) is 6.42 Å². The van der Waals surface area contributed by atoms with Gasteiger partial charge in [-0.1, -0.05) is 25.1 Å². The molecule has 1 saturated heterocycles. The molecule has 0 spiro atoms. The lowest BCUT2D eigenvalue weighted by Crippen LogP contribution is -2.36. The average molecular weight is 308 g/mol. The van der Waals surface area contributed by atoms with Crippen LogP contribution in [0.15, 0.2) is 24.3 Å². The van der Waals surface area contributed by atoms with Crippen LogP contribution in [0.5, 0.6) is 0 Å². The Morgan fingerprint density at radius 2 is 2.09 bits per heavy atom. The Morgan fingerprint density at radius 3 is 2.64 bits per heavy atom. The predicted octanol–water partition coefficient (Wildman–Crippen LogP) is 3.90. The highest BCUT2D eigenvalue weighted by Crippen LogP contribution is 2.45. The first-order valence-electron chi connectivity index (χ1n) is 7.87. The number of ether oxygens (including phenoxy) is 2. The standard InChI is InChI=1S/C18H25FO3/c1-5-18(12-15(13(2)20)17(3,4)22-18)21-11-10-14-8-6-7-9-16(14)19/h6-9,15H,5,10-12H2,1-4H3. The minimum absolute atomic E-state index is 0.123. The summed E-state index contributed by atoms with van der Waals surface area (Å²) in [4.78, 5) is 11.8. The van der Waals surface area contributed by atoms with Crippen LogP contribution in [0.4, 0.5) is 4.39 Å². The summed E-state index contributed by atoms with van der Waals surface area (Å²) in [6.45, 7) is 7.81. The maximum Gasteiger partial charge on any atom is 0.169 e. The van der Waals surface area contributed by atoms with Gasteiger partial charge in [-0.25, -0.2) is 4.39 Å². The summed E-state index contributed by atoms with van der Waals surface area (Å²) >= 11 is 0. The van der Waals surface area contributed by atoms with Gasteiger partial charge in [-0.05, 0) is 45.2 Å². The Kier molecular flexibility index (Phi) is 5.03. The molecule has 1 heterocycles.